The number of aromatic amines is 1. The normalized spacial score (nSPS) is 12.8. The van der Waals surface area contributed by atoms with E-state index in [0.29, 0.717) is 5.76 Å². The minimum Gasteiger partial charge on any atom is -0.465 e. The molecule has 2 aromatic rings. The van der Waals surface area contributed by atoms with Crippen molar-refractivity contribution in [3.8, 4) is 0 Å². The van der Waals surface area contributed by atoms with E-state index in [-0.39, 0.29) is 11.9 Å². The average molecular weight is 231 g/mol. The molecule has 5 heteroatoms. The van der Waals surface area contributed by atoms with Gasteiger partial charge in [0.15, 0.2) is 0 Å². The van der Waals surface area contributed by atoms with E-state index in [1.165, 1.54) is 6.08 Å². The molecule has 2 heterocycles. The van der Waals surface area contributed by atoms with Crippen LogP contribution in [-0.2, 0) is 4.79 Å². The highest BCUT2D eigenvalue weighted by Gasteiger charge is 2.07. The number of H-pyrrole nitrogens is 1. The first-order valence-corrected chi connectivity index (χ1v) is 5.26. The second-order valence-electron chi connectivity index (χ2n) is 3.61. The van der Waals surface area contributed by atoms with Crippen LogP contribution in [0.5, 0.6) is 0 Å². The van der Waals surface area contributed by atoms with Crippen molar-refractivity contribution in [3.63, 3.8) is 0 Å². The Morgan fingerprint density at radius 1 is 1.65 bits per heavy atom. The minimum atomic E-state index is -0.171. The molecule has 1 unspecified atom stereocenters. The zero-order chi connectivity index (χ0) is 12.1. The van der Waals surface area contributed by atoms with Crippen molar-refractivity contribution < 1.29 is 9.21 Å². The number of hydrogen-bond acceptors (Lipinski definition) is 3. The Hall–Kier alpha value is -2.30. The standard InChI is InChI=1S/C12H13N3O2/c1-9(10-7-13-14-8-10)15-12(16)5-4-11-3-2-6-17-11/h2-9H,1H3,(H,13,14)(H,15,16)/b5-4+. The maximum atomic E-state index is 11.6. The lowest BCUT2D eigenvalue weighted by Gasteiger charge is -2.09. The van der Waals surface area contributed by atoms with Gasteiger partial charge in [-0.15, -0.1) is 0 Å². The molecule has 88 valence electrons. The molecular formula is C12H13N3O2. The summed E-state index contributed by atoms with van der Waals surface area (Å²) in [5.74, 6) is 0.478. The summed E-state index contributed by atoms with van der Waals surface area (Å²) in [6.07, 6.45) is 8.06. The molecule has 2 rings (SSSR count). The first-order valence-electron chi connectivity index (χ1n) is 5.26. The van der Waals surface area contributed by atoms with Gasteiger partial charge in [-0.3, -0.25) is 9.89 Å². The summed E-state index contributed by atoms with van der Waals surface area (Å²) in [7, 11) is 0. The van der Waals surface area contributed by atoms with Gasteiger partial charge in [0, 0.05) is 17.8 Å². The Morgan fingerprint density at radius 3 is 3.18 bits per heavy atom. The highest BCUT2D eigenvalue weighted by Crippen LogP contribution is 2.09. The van der Waals surface area contributed by atoms with Gasteiger partial charge in [0.1, 0.15) is 5.76 Å². The van der Waals surface area contributed by atoms with E-state index in [2.05, 4.69) is 15.5 Å². The number of nitrogens with zero attached hydrogens (tertiary/aromatic N) is 1. The molecule has 0 fully saturated rings. The van der Waals surface area contributed by atoms with Gasteiger partial charge in [-0.2, -0.15) is 5.10 Å². The van der Waals surface area contributed by atoms with Gasteiger partial charge in [-0.25, -0.2) is 0 Å². The van der Waals surface area contributed by atoms with Crippen LogP contribution >= 0.6 is 0 Å². The van der Waals surface area contributed by atoms with Gasteiger partial charge in [0.05, 0.1) is 18.5 Å². The molecule has 0 saturated heterocycles. The average Bonchev–Trinajstić information content (AvgIpc) is 2.99. The van der Waals surface area contributed by atoms with Crippen molar-refractivity contribution in [2.75, 3.05) is 0 Å². The SMILES string of the molecule is CC(NC(=O)/C=C/c1ccco1)c1cn[nH]c1. The molecule has 0 aliphatic heterocycles. The van der Waals surface area contributed by atoms with E-state index in [4.69, 9.17) is 4.42 Å². The molecule has 1 atom stereocenters. The first kappa shape index (κ1) is 11.2. The van der Waals surface area contributed by atoms with Gasteiger partial charge in [-0.1, -0.05) is 0 Å². The summed E-state index contributed by atoms with van der Waals surface area (Å²) in [6, 6.07) is 3.47. The fourth-order valence-corrected chi connectivity index (χ4v) is 1.39. The summed E-state index contributed by atoms with van der Waals surface area (Å²) < 4.78 is 5.08. The van der Waals surface area contributed by atoms with E-state index < -0.39 is 0 Å². The Balaban J connectivity index is 1.89. The molecule has 0 radical (unpaired) electrons. The predicted molar refractivity (Wildman–Crippen MR) is 62.9 cm³/mol. The van der Waals surface area contributed by atoms with Gasteiger partial charge in [0.2, 0.25) is 5.91 Å². The van der Waals surface area contributed by atoms with Crippen LogP contribution in [0.4, 0.5) is 0 Å². The Kier molecular flexibility index (Phi) is 3.40. The highest BCUT2D eigenvalue weighted by molar-refractivity contribution is 5.91. The minimum absolute atomic E-state index is 0.0810. The number of rotatable bonds is 4. The fraction of sp³-hybridized carbons (Fsp3) is 0.167. The lowest BCUT2D eigenvalue weighted by atomic mass is 10.2. The maximum Gasteiger partial charge on any atom is 0.244 e. The monoisotopic (exact) mass is 231 g/mol. The summed E-state index contributed by atoms with van der Waals surface area (Å²) in [4.78, 5) is 11.6. The van der Waals surface area contributed by atoms with Crippen LogP contribution in [0.3, 0.4) is 0 Å². The smallest absolute Gasteiger partial charge is 0.244 e. The topological polar surface area (TPSA) is 70.9 Å². The van der Waals surface area contributed by atoms with Gasteiger partial charge in [-0.05, 0) is 25.1 Å². The number of carbonyl (C=O) groups excluding carboxylic acids is 1. The number of carbonyl (C=O) groups is 1. The molecule has 5 nitrogen and oxygen atoms in total. The van der Waals surface area contributed by atoms with Crippen molar-refractivity contribution in [2.45, 2.75) is 13.0 Å². The quantitative estimate of drug-likeness (QED) is 0.789. The zero-order valence-corrected chi connectivity index (χ0v) is 9.38. The highest BCUT2D eigenvalue weighted by atomic mass is 16.3. The van der Waals surface area contributed by atoms with Crippen LogP contribution in [0.1, 0.15) is 24.3 Å². The molecular weight excluding hydrogens is 218 g/mol. The Morgan fingerprint density at radius 2 is 2.53 bits per heavy atom. The van der Waals surface area contributed by atoms with E-state index in [0.717, 1.165) is 5.56 Å². The van der Waals surface area contributed by atoms with Crippen LogP contribution < -0.4 is 5.32 Å². The third-order valence-corrected chi connectivity index (χ3v) is 2.32. The number of amides is 1. The molecule has 0 bridgehead atoms. The second-order valence-corrected chi connectivity index (χ2v) is 3.61. The lowest BCUT2D eigenvalue weighted by Crippen LogP contribution is -2.24. The summed E-state index contributed by atoms with van der Waals surface area (Å²) >= 11 is 0. The van der Waals surface area contributed by atoms with E-state index >= 15 is 0 Å². The van der Waals surface area contributed by atoms with Crippen molar-refractivity contribution in [1.29, 1.82) is 0 Å². The Bertz CT molecular complexity index is 486. The summed E-state index contributed by atoms with van der Waals surface area (Å²) in [6.45, 7) is 1.89. The van der Waals surface area contributed by atoms with Crippen LogP contribution in [-0.4, -0.2) is 16.1 Å². The van der Waals surface area contributed by atoms with Crippen LogP contribution in [0, 0.1) is 0 Å². The van der Waals surface area contributed by atoms with Gasteiger partial charge < -0.3 is 9.73 Å². The van der Waals surface area contributed by atoms with Crippen LogP contribution in [0.2, 0.25) is 0 Å². The largest absolute Gasteiger partial charge is 0.465 e. The summed E-state index contributed by atoms with van der Waals surface area (Å²) in [5.41, 5.74) is 0.935. The first-order chi connectivity index (χ1) is 8.25. The molecule has 0 aliphatic carbocycles. The van der Waals surface area contributed by atoms with Gasteiger partial charge in [0.25, 0.3) is 0 Å². The van der Waals surface area contributed by atoms with E-state index in [1.54, 1.807) is 36.9 Å². The number of nitrogens with one attached hydrogen (secondary N) is 2. The van der Waals surface area contributed by atoms with Crippen molar-refractivity contribution in [1.82, 2.24) is 15.5 Å². The molecule has 17 heavy (non-hydrogen) atoms. The lowest BCUT2D eigenvalue weighted by molar-refractivity contribution is -0.117. The molecule has 1 amide bonds. The predicted octanol–water partition coefficient (Wildman–Crippen LogP) is 1.89. The van der Waals surface area contributed by atoms with Crippen molar-refractivity contribution in [2.24, 2.45) is 0 Å². The number of hydrogen-bond donors (Lipinski definition) is 2. The second kappa shape index (κ2) is 5.16. The maximum absolute atomic E-state index is 11.6. The third kappa shape index (κ3) is 3.07. The Labute approximate surface area is 98.5 Å². The summed E-state index contributed by atoms with van der Waals surface area (Å²) in [5, 5.41) is 9.35. The fourth-order valence-electron chi connectivity index (χ4n) is 1.39. The van der Waals surface area contributed by atoms with Gasteiger partial charge >= 0.3 is 0 Å². The number of furan rings is 1. The van der Waals surface area contributed by atoms with Crippen molar-refractivity contribution >= 4 is 12.0 Å². The van der Waals surface area contributed by atoms with Crippen LogP contribution in [0.25, 0.3) is 6.08 Å². The number of aromatic nitrogens is 2. The van der Waals surface area contributed by atoms with Crippen LogP contribution in [0.15, 0.2) is 41.3 Å². The molecule has 2 aromatic heterocycles. The third-order valence-electron chi connectivity index (χ3n) is 2.32. The molecule has 0 spiro atoms. The molecule has 2 N–H and O–H groups in total. The molecule has 0 aromatic carbocycles. The van der Waals surface area contributed by atoms with E-state index in [1.807, 2.05) is 6.92 Å². The molecule has 0 aliphatic rings. The van der Waals surface area contributed by atoms with E-state index in [9.17, 15) is 4.79 Å². The zero-order valence-electron chi connectivity index (χ0n) is 9.38. The van der Waals surface area contributed by atoms with Crippen molar-refractivity contribution in [3.05, 3.63) is 48.2 Å². The molecule has 0 saturated carbocycles.